The van der Waals surface area contributed by atoms with Gasteiger partial charge < -0.3 is 4.90 Å². The molecule has 4 aromatic rings. The van der Waals surface area contributed by atoms with E-state index in [9.17, 15) is 0 Å². The molecule has 0 saturated carbocycles. The third kappa shape index (κ3) is 2.87. The first-order valence-electron chi connectivity index (χ1n) is 10.4. The summed E-state index contributed by atoms with van der Waals surface area (Å²) in [5.74, 6) is 0. The molecule has 0 fully saturated rings. The lowest BCUT2D eigenvalue weighted by atomic mass is 9.82. The van der Waals surface area contributed by atoms with Crippen molar-refractivity contribution in [2.45, 2.75) is 26.2 Å². The smallest absolute Gasteiger partial charge is 0.113 e. The van der Waals surface area contributed by atoms with Crippen LogP contribution in [0.3, 0.4) is 0 Å². The second-order valence-corrected chi connectivity index (χ2v) is 8.62. The van der Waals surface area contributed by atoms with Crippen LogP contribution < -0.4 is 10.4 Å². The molecule has 0 bridgehead atoms. The van der Waals surface area contributed by atoms with Crippen LogP contribution in [-0.2, 0) is 5.41 Å². The second-order valence-electron chi connectivity index (χ2n) is 8.62. The van der Waals surface area contributed by atoms with Crippen molar-refractivity contribution in [1.82, 2.24) is 0 Å². The highest BCUT2D eigenvalue weighted by Crippen LogP contribution is 2.50. The van der Waals surface area contributed by atoms with Crippen LogP contribution in [-0.4, -0.2) is 7.85 Å². The minimum atomic E-state index is -0.0273. The third-order valence-electron chi connectivity index (χ3n) is 6.30. The molecule has 0 heterocycles. The summed E-state index contributed by atoms with van der Waals surface area (Å²) in [7, 11) is 6.04. The largest absolute Gasteiger partial charge is 0.310 e. The molecule has 30 heavy (non-hydrogen) atoms. The molecular weight excluding hydrogens is 361 g/mol. The van der Waals surface area contributed by atoms with Gasteiger partial charge in [0, 0.05) is 22.5 Å². The molecule has 0 aliphatic heterocycles. The number of hydrogen-bond acceptors (Lipinski definition) is 1. The van der Waals surface area contributed by atoms with Crippen LogP contribution in [0.15, 0.2) is 91.0 Å². The van der Waals surface area contributed by atoms with Gasteiger partial charge in [0.05, 0.1) is 0 Å². The Kier molecular flexibility index (Phi) is 4.32. The first kappa shape index (κ1) is 18.8. The van der Waals surface area contributed by atoms with E-state index in [2.05, 4.69) is 105 Å². The van der Waals surface area contributed by atoms with Gasteiger partial charge in [-0.1, -0.05) is 80.0 Å². The number of aryl methyl sites for hydroxylation is 1. The highest BCUT2D eigenvalue weighted by Gasteiger charge is 2.35. The van der Waals surface area contributed by atoms with Crippen LogP contribution >= 0.6 is 0 Å². The predicted molar refractivity (Wildman–Crippen MR) is 129 cm³/mol. The Labute approximate surface area is 180 Å². The van der Waals surface area contributed by atoms with E-state index in [1.165, 1.54) is 22.3 Å². The summed E-state index contributed by atoms with van der Waals surface area (Å²) < 4.78 is 0. The van der Waals surface area contributed by atoms with Crippen molar-refractivity contribution in [2.75, 3.05) is 4.90 Å². The van der Waals surface area contributed by atoms with Gasteiger partial charge in [0.1, 0.15) is 7.85 Å². The number of rotatable bonds is 3. The minimum Gasteiger partial charge on any atom is -0.310 e. The average Bonchev–Trinajstić information content (AvgIpc) is 2.98. The van der Waals surface area contributed by atoms with Gasteiger partial charge >= 0.3 is 0 Å². The van der Waals surface area contributed by atoms with Crippen molar-refractivity contribution >= 4 is 30.4 Å². The average molecular weight is 385 g/mol. The predicted octanol–water partition coefficient (Wildman–Crippen LogP) is 6.56. The van der Waals surface area contributed by atoms with Gasteiger partial charge in [-0.05, 0) is 65.1 Å². The molecule has 5 rings (SSSR count). The van der Waals surface area contributed by atoms with Crippen molar-refractivity contribution < 1.29 is 0 Å². The zero-order valence-corrected chi connectivity index (χ0v) is 17.7. The Bertz CT molecular complexity index is 1240. The van der Waals surface area contributed by atoms with Crippen molar-refractivity contribution in [1.29, 1.82) is 0 Å². The quantitative estimate of drug-likeness (QED) is 0.361. The standard InChI is InChI=1S/C28H24BN/c1-19-17-20(29)13-16-27(19)30(21-9-5-4-6-10-21)22-14-15-24-23-11-7-8-12-25(23)28(2,3)26(24)18-22/h4-18H,1-3H3. The Balaban J connectivity index is 1.72. The molecule has 0 N–H and O–H groups in total. The fraction of sp³-hybridized carbons (Fsp3) is 0.143. The SMILES string of the molecule is [B]c1ccc(N(c2ccccc2)c2ccc3c(c2)C(C)(C)c2ccccc2-3)c(C)c1. The number of para-hydroxylation sites is 1. The van der Waals surface area contributed by atoms with Crippen molar-refractivity contribution in [3.8, 4) is 11.1 Å². The number of benzene rings is 4. The molecule has 0 amide bonds. The van der Waals surface area contributed by atoms with E-state index in [0.29, 0.717) is 0 Å². The topological polar surface area (TPSA) is 3.24 Å². The Hall–Kier alpha value is -3.26. The van der Waals surface area contributed by atoms with Crippen molar-refractivity contribution in [3.63, 3.8) is 0 Å². The van der Waals surface area contributed by atoms with Crippen molar-refractivity contribution in [2.24, 2.45) is 0 Å². The van der Waals surface area contributed by atoms with E-state index < -0.39 is 0 Å². The summed E-state index contributed by atoms with van der Waals surface area (Å²) in [6, 6.07) is 32.3. The Morgan fingerprint density at radius 2 is 1.37 bits per heavy atom. The maximum atomic E-state index is 6.04. The zero-order chi connectivity index (χ0) is 20.9. The Morgan fingerprint density at radius 3 is 2.13 bits per heavy atom. The van der Waals surface area contributed by atoms with Crippen LogP contribution in [0.4, 0.5) is 17.1 Å². The molecule has 2 radical (unpaired) electrons. The molecule has 0 unspecified atom stereocenters. The molecular formula is C28H24BN. The minimum absolute atomic E-state index is 0.0273. The van der Waals surface area contributed by atoms with Crippen molar-refractivity contribution in [3.05, 3.63) is 108 Å². The summed E-state index contributed by atoms with van der Waals surface area (Å²) in [5.41, 5.74) is 10.8. The molecule has 1 aliphatic rings. The highest BCUT2D eigenvalue weighted by atomic mass is 15.1. The maximum Gasteiger partial charge on any atom is 0.113 e. The van der Waals surface area contributed by atoms with E-state index in [4.69, 9.17) is 7.85 Å². The number of nitrogens with zero attached hydrogens (tertiary/aromatic N) is 1. The Morgan fingerprint density at radius 1 is 0.667 bits per heavy atom. The van der Waals surface area contributed by atoms with Gasteiger partial charge in [0.15, 0.2) is 0 Å². The van der Waals surface area contributed by atoms with Gasteiger partial charge in [-0.2, -0.15) is 0 Å². The van der Waals surface area contributed by atoms with Gasteiger partial charge in [0.2, 0.25) is 0 Å². The summed E-state index contributed by atoms with van der Waals surface area (Å²) >= 11 is 0. The second kappa shape index (κ2) is 6.92. The first-order chi connectivity index (χ1) is 14.5. The number of hydrogen-bond donors (Lipinski definition) is 0. The number of fused-ring (bicyclic) bond motifs is 3. The van der Waals surface area contributed by atoms with Crippen LogP contribution in [0.5, 0.6) is 0 Å². The molecule has 4 aromatic carbocycles. The molecule has 0 saturated heterocycles. The van der Waals surface area contributed by atoms with E-state index in [1.807, 2.05) is 12.1 Å². The fourth-order valence-corrected chi connectivity index (χ4v) is 4.77. The molecule has 144 valence electrons. The fourth-order valence-electron chi connectivity index (χ4n) is 4.77. The van der Waals surface area contributed by atoms with Crippen LogP contribution in [0.2, 0.25) is 0 Å². The van der Waals surface area contributed by atoms with Gasteiger partial charge in [-0.25, -0.2) is 0 Å². The lowest BCUT2D eigenvalue weighted by molar-refractivity contribution is 0.660. The van der Waals surface area contributed by atoms with Crippen LogP contribution in [0.1, 0.15) is 30.5 Å². The summed E-state index contributed by atoms with van der Waals surface area (Å²) in [6.45, 7) is 6.76. The van der Waals surface area contributed by atoms with E-state index >= 15 is 0 Å². The molecule has 1 nitrogen and oxygen atoms in total. The van der Waals surface area contributed by atoms with Gasteiger partial charge in [-0.3, -0.25) is 0 Å². The van der Waals surface area contributed by atoms with E-state index in [1.54, 1.807) is 0 Å². The summed E-state index contributed by atoms with van der Waals surface area (Å²) in [4.78, 5) is 2.33. The lowest BCUT2D eigenvalue weighted by Gasteiger charge is -2.29. The number of anilines is 3. The first-order valence-corrected chi connectivity index (χ1v) is 10.4. The zero-order valence-electron chi connectivity index (χ0n) is 17.7. The molecule has 1 aliphatic carbocycles. The highest BCUT2D eigenvalue weighted by molar-refractivity contribution is 6.32. The molecule has 0 atom stereocenters. The summed E-state index contributed by atoms with van der Waals surface area (Å²) in [5, 5.41) is 0. The molecule has 2 heteroatoms. The summed E-state index contributed by atoms with van der Waals surface area (Å²) in [6.07, 6.45) is 0. The van der Waals surface area contributed by atoms with Crippen LogP contribution in [0.25, 0.3) is 11.1 Å². The molecule has 0 aromatic heterocycles. The van der Waals surface area contributed by atoms with Gasteiger partial charge in [0.25, 0.3) is 0 Å². The van der Waals surface area contributed by atoms with E-state index in [0.717, 1.165) is 28.1 Å². The van der Waals surface area contributed by atoms with E-state index in [-0.39, 0.29) is 5.41 Å². The molecule has 0 spiro atoms. The van der Waals surface area contributed by atoms with Crippen LogP contribution in [0, 0.1) is 6.92 Å². The third-order valence-corrected chi connectivity index (χ3v) is 6.30. The lowest BCUT2D eigenvalue weighted by Crippen LogP contribution is -2.17. The normalized spacial score (nSPS) is 13.6. The monoisotopic (exact) mass is 385 g/mol. The maximum absolute atomic E-state index is 6.04. The van der Waals surface area contributed by atoms with Gasteiger partial charge in [-0.15, -0.1) is 0 Å².